The van der Waals surface area contributed by atoms with E-state index in [0.717, 1.165) is 0 Å². The number of ether oxygens (including phenoxy) is 1. The number of hydrogen-bond acceptors (Lipinski definition) is 3. The Kier molecular flexibility index (Phi) is 4.82. The summed E-state index contributed by atoms with van der Waals surface area (Å²) in [6.07, 6.45) is 0. The molecule has 0 aliphatic carbocycles. The molecule has 0 fully saturated rings. The van der Waals surface area contributed by atoms with E-state index < -0.39 is 11.1 Å². The number of carbonyl (C=O) groups is 1. The molecular weight excluding hydrogens is 266 g/mol. The SMILES string of the molecule is CC(C)(O)C(C)(C)NC(=O)COc1ccccc1Cl. The summed E-state index contributed by atoms with van der Waals surface area (Å²) in [6, 6.07) is 6.94. The Morgan fingerprint density at radius 3 is 2.42 bits per heavy atom. The molecule has 1 rings (SSSR count). The van der Waals surface area contributed by atoms with Gasteiger partial charge >= 0.3 is 0 Å². The molecule has 106 valence electrons. The Hall–Kier alpha value is -1.26. The van der Waals surface area contributed by atoms with Crippen LogP contribution in [0.1, 0.15) is 27.7 Å². The van der Waals surface area contributed by atoms with E-state index in [9.17, 15) is 9.90 Å². The van der Waals surface area contributed by atoms with Gasteiger partial charge in [-0.1, -0.05) is 23.7 Å². The Labute approximate surface area is 118 Å². The highest BCUT2D eigenvalue weighted by Crippen LogP contribution is 2.23. The standard InChI is InChI=1S/C14H20ClNO3/c1-13(2,14(3,4)18)16-12(17)9-19-11-8-6-5-7-10(11)15/h5-8,18H,9H2,1-4H3,(H,16,17). The fraction of sp³-hybridized carbons (Fsp3) is 0.500. The minimum absolute atomic E-state index is 0.150. The number of para-hydroxylation sites is 1. The van der Waals surface area contributed by atoms with Gasteiger partial charge in [-0.15, -0.1) is 0 Å². The van der Waals surface area contributed by atoms with Crippen LogP contribution in [0.4, 0.5) is 0 Å². The second-order valence-electron chi connectivity index (χ2n) is 5.45. The molecule has 0 atom stereocenters. The normalized spacial score (nSPS) is 12.1. The Balaban J connectivity index is 2.56. The maximum absolute atomic E-state index is 11.8. The van der Waals surface area contributed by atoms with Gasteiger partial charge in [-0.05, 0) is 39.8 Å². The van der Waals surface area contributed by atoms with Gasteiger partial charge in [0.25, 0.3) is 5.91 Å². The first-order valence-corrected chi connectivity index (χ1v) is 6.42. The van der Waals surface area contributed by atoms with Gasteiger partial charge in [0, 0.05) is 0 Å². The van der Waals surface area contributed by atoms with Crippen LogP contribution in [-0.2, 0) is 4.79 Å². The van der Waals surface area contributed by atoms with Gasteiger partial charge < -0.3 is 15.2 Å². The molecule has 0 heterocycles. The number of carbonyl (C=O) groups excluding carboxylic acids is 1. The fourth-order valence-electron chi connectivity index (χ4n) is 1.24. The minimum Gasteiger partial charge on any atom is -0.482 e. The van der Waals surface area contributed by atoms with Crippen LogP contribution in [0.3, 0.4) is 0 Å². The van der Waals surface area contributed by atoms with Gasteiger partial charge in [-0.2, -0.15) is 0 Å². The maximum Gasteiger partial charge on any atom is 0.258 e. The molecule has 0 aliphatic heterocycles. The predicted octanol–water partition coefficient (Wildman–Crippen LogP) is 2.38. The predicted molar refractivity (Wildman–Crippen MR) is 75.5 cm³/mol. The molecule has 0 bridgehead atoms. The van der Waals surface area contributed by atoms with Crippen molar-refractivity contribution in [1.82, 2.24) is 5.32 Å². The molecule has 0 spiro atoms. The molecule has 19 heavy (non-hydrogen) atoms. The maximum atomic E-state index is 11.8. The second-order valence-corrected chi connectivity index (χ2v) is 5.86. The van der Waals surface area contributed by atoms with Crippen LogP contribution in [0.5, 0.6) is 5.75 Å². The smallest absolute Gasteiger partial charge is 0.258 e. The summed E-state index contributed by atoms with van der Waals surface area (Å²) in [5.41, 5.74) is -1.79. The molecule has 0 aromatic heterocycles. The molecule has 1 amide bonds. The van der Waals surface area contributed by atoms with Crippen molar-refractivity contribution < 1.29 is 14.6 Å². The van der Waals surface area contributed by atoms with Crippen molar-refractivity contribution in [3.63, 3.8) is 0 Å². The quantitative estimate of drug-likeness (QED) is 0.873. The molecule has 4 nitrogen and oxygen atoms in total. The molecule has 0 unspecified atom stereocenters. The van der Waals surface area contributed by atoms with Crippen molar-refractivity contribution in [2.24, 2.45) is 0 Å². The van der Waals surface area contributed by atoms with E-state index in [-0.39, 0.29) is 12.5 Å². The molecule has 0 radical (unpaired) electrons. The molecule has 1 aromatic carbocycles. The zero-order valence-electron chi connectivity index (χ0n) is 11.7. The average Bonchev–Trinajstić information content (AvgIpc) is 2.26. The van der Waals surface area contributed by atoms with Gasteiger partial charge in [-0.3, -0.25) is 4.79 Å². The van der Waals surface area contributed by atoms with Crippen molar-refractivity contribution in [2.45, 2.75) is 38.8 Å². The Bertz CT molecular complexity index is 452. The molecule has 0 saturated heterocycles. The van der Waals surface area contributed by atoms with E-state index in [0.29, 0.717) is 10.8 Å². The largest absolute Gasteiger partial charge is 0.482 e. The lowest BCUT2D eigenvalue weighted by Gasteiger charge is -2.37. The Morgan fingerprint density at radius 2 is 1.89 bits per heavy atom. The van der Waals surface area contributed by atoms with E-state index in [1.807, 2.05) is 0 Å². The third-order valence-electron chi connectivity index (χ3n) is 3.18. The first-order chi connectivity index (χ1) is 8.63. The van der Waals surface area contributed by atoms with E-state index >= 15 is 0 Å². The summed E-state index contributed by atoms with van der Waals surface area (Å²) in [4.78, 5) is 11.8. The number of nitrogens with one attached hydrogen (secondary N) is 1. The zero-order chi connectivity index (χ0) is 14.7. The van der Waals surface area contributed by atoms with Gasteiger partial charge in [0.05, 0.1) is 16.2 Å². The van der Waals surface area contributed by atoms with Gasteiger partial charge in [-0.25, -0.2) is 0 Å². The number of halogens is 1. The highest BCUT2D eigenvalue weighted by atomic mass is 35.5. The van der Waals surface area contributed by atoms with E-state index in [1.54, 1.807) is 52.0 Å². The van der Waals surface area contributed by atoms with Crippen molar-refractivity contribution >= 4 is 17.5 Å². The molecule has 0 aliphatic rings. The number of hydrogen-bond donors (Lipinski definition) is 2. The second kappa shape index (κ2) is 5.80. The Morgan fingerprint density at radius 1 is 1.32 bits per heavy atom. The van der Waals surface area contributed by atoms with Crippen LogP contribution in [0.15, 0.2) is 24.3 Å². The van der Waals surface area contributed by atoms with Crippen LogP contribution in [0.2, 0.25) is 5.02 Å². The highest BCUT2D eigenvalue weighted by molar-refractivity contribution is 6.32. The van der Waals surface area contributed by atoms with Crippen LogP contribution >= 0.6 is 11.6 Å². The van der Waals surface area contributed by atoms with Crippen LogP contribution < -0.4 is 10.1 Å². The van der Waals surface area contributed by atoms with Crippen molar-refractivity contribution in [3.8, 4) is 5.75 Å². The third-order valence-corrected chi connectivity index (χ3v) is 3.49. The molecule has 2 N–H and O–H groups in total. The van der Waals surface area contributed by atoms with Crippen molar-refractivity contribution in [1.29, 1.82) is 0 Å². The molecule has 1 aromatic rings. The lowest BCUT2D eigenvalue weighted by molar-refractivity contribution is -0.128. The van der Waals surface area contributed by atoms with Crippen molar-refractivity contribution in [3.05, 3.63) is 29.3 Å². The summed E-state index contributed by atoms with van der Waals surface area (Å²) >= 11 is 5.92. The van der Waals surface area contributed by atoms with Crippen LogP contribution in [0.25, 0.3) is 0 Å². The number of aliphatic hydroxyl groups is 1. The third kappa shape index (κ3) is 4.40. The summed E-state index contributed by atoms with van der Waals surface area (Å²) in [6.45, 7) is 6.63. The van der Waals surface area contributed by atoms with E-state index in [4.69, 9.17) is 16.3 Å². The first-order valence-electron chi connectivity index (χ1n) is 6.04. The molecule has 5 heteroatoms. The number of amides is 1. The van der Waals surface area contributed by atoms with Crippen molar-refractivity contribution in [2.75, 3.05) is 6.61 Å². The molecule has 0 saturated carbocycles. The topological polar surface area (TPSA) is 58.6 Å². The summed E-state index contributed by atoms with van der Waals surface area (Å²) in [5.74, 6) is 0.146. The minimum atomic E-state index is -1.03. The zero-order valence-corrected chi connectivity index (χ0v) is 12.4. The first kappa shape index (κ1) is 15.8. The summed E-state index contributed by atoms with van der Waals surface area (Å²) in [7, 11) is 0. The number of rotatable bonds is 5. The average molecular weight is 286 g/mol. The fourth-order valence-corrected chi connectivity index (χ4v) is 1.43. The van der Waals surface area contributed by atoms with Gasteiger partial charge in [0.1, 0.15) is 5.75 Å². The van der Waals surface area contributed by atoms with Gasteiger partial charge in [0.2, 0.25) is 0 Å². The monoisotopic (exact) mass is 285 g/mol. The lowest BCUT2D eigenvalue weighted by Crippen LogP contribution is -2.58. The highest BCUT2D eigenvalue weighted by Gasteiger charge is 2.36. The lowest BCUT2D eigenvalue weighted by atomic mass is 9.86. The van der Waals surface area contributed by atoms with Crippen LogP contribution in [0, 0.1) is 0 Å². The number of benzene rings is 1. The van der Waals surface area contributed by atoms with Gasteiger partial charge in [0.15, 0.2) is 6.61 Å². The summed E-state index contributed by atoms with van der Waals surface area (Å²) in [5, 5.41) is 13.1. The summed E-state index contributed by atoms with van der Waals surface area (Å²) < 4.78 is 5.33. The van der Waals surface area contributed by atoms with E-state index in [2.05, 4.69) is 5.32 Å². The molecular formula is C14H20ClNO3. The van der Waals surface area contributed by atoms with E-state index in [1.165, 1.54) is 0 Å². The van der Waals surface area contributed by atoms with Crippen LogP contribution in [-0.4, -0.2) is 28.8 Å².